The van der Waals surface area contributed by atoms with E-state index in [1.807, 2.05) is 0 Å². The van der Waals surface area contributed by atoms with E-state index in [4.69, 9.17) is 9.73 Å². The molecule has 1 saturated carbocycles. The molecule has 1 aliphatic heterocycles. The van der Waals surface area contributed by atoms with Gasteiger partial charge in [-0.1, -0.05) is 13.0 Å². The Morgan fingerprint density at radius 2 is 1.96 bits per heavy atom. The van der Waals surface area contributed by atoms with Gasteiger partial charge in [-0.05, 0) is 95.9 Å². The van der Waals surface area contributed by atoms with E-state index in [9.17, 15) is 0 Å². The molecule has 2 rings (SSSR count). The van der Waals surface area contributed by atoms with E-state index in [-0.39, 0.29) is 5.41 Å². The average molecular weight is 377 g/mol. The van der Waals surface area contributed by atoms with Crippen molar-refractivity contribution in [2.24, 2.45) is 10.4 Å². The largest absolute Gasteiger partial charge is 0.497 e. The Balaban J connectivity index is 2.61. The smallest absolute Gasteiger partial charge is 0.107 e. The van der Waals surface area contributed by atoms with Gasteiger partial charge in [-0.2, -0.15) is 0 Å². The number of nitrogens with zero attached hydrogens (tertiary/aromatic N) is 1. The highest BCUT2D eigenvalue weighted by Crippen LogP contribution is 2.46. The number of hydrogen-bond donors (Lipinski definition) is 1. The van der Waals surface area contributed by atoms with Crippen molar-refractivity contribution >= 4 is 17.5 Å². The molecule has 0 atom stereocenters. The summed E-state index contributed by atoms with van der Waals surface area (Å²) in [5.74, 6) is 1.24. The molecule has 1 heterocycles. The second-order valence-electron chi connectivity index (χ2n) is 7.19. The Morgan fingerprint density at radius 1 is 1.27 bits per heavy atom. The lowest BCUT2D eigenvalue weighted by atomic mass is 9.69. The maximum atomic E-state index is 6.33. The van der Waals surface area contributed by atoms with Crippen LogP contribution in [0.3, 0.4) is 0 Å². The highest BCUT2D eigenvalue weighted by Gasteiger charge is 2.43. The number of thioether (sulfide) groups is 1. The summed E-state index contributed by atoms with van der Waals surface area (Å²) in [6.45, 7) is 11.4. The third kappa shape index (κ3) is 4.64. The van der Waals surface area contributed by atoms with E-state index in [1.54, 1.807) is 11.8 Å². The van der Waals surface area contributed by atoms with Gasteiger partial charge in [-0.25, -0.2) is 4.99 Å². The Hall–Kier alpha value is -1.00. The minimum atomic E-state index is -0.0848. The van der Waals surface area contributed by atoms with Crippen LogP contribution in [0, 0.1) is 5.41 Å². The summed E-state index contributed by atoms with van der Waals surface area (Å²) in [6, 6.07) is 0. The summed E-state index contributed by atoms with van der Waals surface area (Å²) in [5, 5.41) is 4.70. The average Bonchev–Trinajstić information content (AvgIpc) is 2.63. The van der Waals surface area contributed by atoms with Crippen LogP contribution >= 0.6 is 11.8 Å². The van der Waals surface area contributed by atoms with Crippen molar-refractivity contribution in [2.45, 2.75) is 66.2 Å². The predicted molar refractivity (Wildman–Crippen MR) is 116 cm³/mol. The minimum absolute atomic E-state index is 0.0848. The van der Waals surface area contributed by atoms with Crippen molar-refractivity contribution in [1.82, 2.24) is 5.32 Å². The number of piperidine rings is 1. The van der Waals surface area contributed by atoms with E-state index >= 15 is 0 Å². The number of nitrogens with one attached hydrogen (secondary N) is 1. The first-order valence-corrected chi connectivity index (χ1v) is 11.4. The van der Waals surface area contributed by atoms with E-state index in [0.717, 1.165) is 44.0 Å². The van der Waals surface area contributed by atoms with Crippen molar-refractivity contribution in [3.8, 4) is 0 Å². The van der Waals surface area contributed by atoms with Crippen LogP contribution in [0.15, 0.2) is 39.1 Å². The Kier molecular flexibility index (Phi) is 8.49. The Bertz CT molecular complexity index is 589. The highest BCUT2D eigenvalue weighted by molar-refractivity contribution is 8.02. The van der Waals surface area contributed by atoms with Crippen molar-refractivity contribution in [1.29, 1.82) is 0 Å². The number of aliphatic imine (C=N–C) groups is 1. The molecule has 0 radical (unpaired) electrons. The molecule has 4 heteroatoms. The van der Waals surface area contributed by atoms with Crippen LogP contribution in [0.25, 0.3) is 0 Å². The summed E-state index contributed by atoms with van der Waals surface area (Å²) in [7, 11) is 0. The number of rotatable bonds is 8. The fraction of sp³-hybridized carbons (Fsp3) is 0.682. The second kappa shape index (κ2) is 10.4. The van der Waals surface area contributed by atoms with Gasteiger partial charge in [0.25, 0.3) is 0 Å². The molecule has 1 N–H and O–H groups in total. The van der Waals surface area contributed by atoms with Gasteiger partial charge in [0, 0.05) is 0 Å². The molecule has 1 saturated heterocycles. The zero-order valence-electron chi connectivity index (χ0n) is 17.3. The van der Waals surface area contributed by atoms with Gasteiger partial charge in [0.1, 0.15) is 5.76 Å². The predicted octanol–water partition coefficient (Wildman–Crippen LogP) is 5.85. The van der Waals surface area contributed by atoms with E-state index < -0.39 is 0 Å². The van der Waals surface area contributed by atoms with Crippen LogP contribution < -0.4 is 5.32 Å². The van der Waals surface area contributed by atoms with Crippen LogP contribution in [0.4, 0.5) is 0 Å². The fourth-order valence-electron chi connectivity index (χ4n) is 3.79. The molecule has 2 fully saturated rings. The van der Waals surface area contributed by atoms with Crippen LogP contribution in [0.1, 0.15) is 66.2 Å². The van der Waals surface area contributed by atoms with Crippen LogP contribution in [0.5, 0.6) is 0 Å². The summed E-state index contributed by atoms with van der Waals surface area (Å²) in [4.78, 5) is 5.23. The van der Waals surface area contributed by atoms with Gasteiger partial charge < -0.3 is 10.1 Å². The monoisotopic (exact) mass is 376 g/mol. The van der Waals surface area contributed by atoms with Crippen molar-refractivity contribution in [3.63, 3.8) is 0 Å². The number of allylic oxidation sites excluding steroid dienone is 5. The number of ether oxygens (including phenoxy) is 1. The van der Waals surface area contributed by atoms with Crippen LogP contribution in [-0.4, -0.2) is 31.7 Å². The highest BCUT2D eigenvalue weighted by atomic mass is 32.2. The Labute approximate surface area is 164 Å². The molecule has 0 amide bonds. The van der Waals surface area contributed by atoms with Crippen LogP contribution in [-0.2, 0) is 4.74 Å². The summed E-state index contributed by atoms with van der Waals surface area (Å²) in [5.41, 5.74) is 3.98. The summed E-state index contributed by atoms with van der Waals surface area (Å²) in [6.07, 6.45) is 13.3. The molecule has 0 spiro atoms. The van der Waals surface area contributed by atoms with Crippen LogP contribution in [0.2, 0.25) is 0 Å². The van der Waals surface area contributed by atoms with E-state index in [0.29, 0.717) is 0 Å². The molecule has 3 nitrogen and oxygen atoms in total. The first-order chi connectivity index (χ1) is 12.6. The summed E-state index contributed by atoms with van der Waals surface area (Å²) >= 11 is 1.76. The van der Waals surface area contributed by atoms with Crippen molar-refractivity contribution < 1.29 is 4.74 Å². The zero-order valence-corrected chi connectivity index (χ0v) is 18.1. The van der Waals surface area contributed by atoms with Gasteiger partial charge >= 0.3 is 0 Å². The first kappa shape index (κ1) is 21.3. The molecule has 0 unspecified atom stereocenters. The normalized spacial score (nSPS) is 21.4. The molecule has 0 aromatic carbocycles. The molecular weight excluding hydrogens is 340 g/mol. The third-order valence-corrected chi connectivity index (χ3v) is 6.41. The lowest BCUT2D eigenvalue weighted by Gasteiger charge is -2.42. The fourth-order valence-corrected chi connectivity index (χ4v) is 4.48. The lowest BCUT2D eigenvalue weighted by molar-refractivity contribution is 0.140. The van der Waals surface area contributed by atoms with Gasteiger partial charge in [0.2, 0.25) is 0 Å². The molecule has 146 valence electrons. The topological polar surface area (TPSA) is 33.6 Å². The lowest BCUT2D eigenvalue weighted by Crippen LogP contribution is -2.44. The Morgan fingerprint density at radius 3 is 2.42 bits per heavy atom. The molecule has 0 aromatic heterocycles. The summed E-state index contributed by atoms with van der Waals surface area (Å²) < 4.78 is 6.33. The zero-order chi connectivity index (χ0) is 19.0. The number of hydrogen-bond acceptors (Lipinski definition) is 4. The standard InChI is InChI=1S/C22H36N2OS/c1-6-10-19(24-21(26-5)17(4)7-2)22(13-15-23-16-14-22)20(25-8-3)18-11-9-12-18/h6,10,23H,7-9,11-16H2,1-5H3/b10-6-,21-17-,24-19+. The maximum absolute atomic E-state index is 6.33. The van der Waals surface area contributed by atoms with Crippen molar-refractivity contribution in [2.75, 3.05) is 26.0 Å². The molecule has 2 aliphatic rings. The van der Waals surface area contributed by atoms with E-state index in [2.05, 4.69) is 51.4 Å². The molecule has 0 bridgehead atoms. The molecule has 0 aromatic rings. The molecular formula is C22H36N2OS. The van der Waals surface area contributed by atoms with E-state index in [1.165, 1.54) is 41.9 Å². The molecule has 26 heavy (non-hydrogen) atoms. The SMILES string of the molecule is C\C=C/C(=N\C(SC)=C(/C)CC)C1(C(OCC)=C2CCC2)CCNCC1. The van der Waals surface area contributed by atoms with Crippen molar-refractivity contribution in [3.05, 3.63) is 34.1 Å². The maximum Gasteiger partial charge on any atom is 0.107 e. The van der Waals surface area contributed by atoms with Gasteiger partial charge in [-0.3, -0.25) is 0 Å². The van der Waals surface area contributed by atoms with Gasteiger partial charge in [0.05, 0.1) is 22.8 Å². The minimum Gasteiger partial charge on any atom is -0.497 e. The van der Waals surface area contributed by atoms with Gasteiger partial charge in [0.15, 0.2) is 0 Å². The quantitative estimate of drug-likeness (QED) is 0.426. The molecule has 1 aliphatic carbocycles. The second-order valence-corrected chi connectivity index (χ2v) is 7.99. The van der Waals surface area contributed by atoms with Gasteiger partial charge in [-0.15, -0.1) is 11.8 Å². The third-order valence-electron chi connectivity index (χ3n) is 5.58. The first-order valence-electron chi connectivity index (χ1n) is 10.1.